The van der Waals surface area contributed by atoms with Crippen LogP contribution in [0.1, 0.15) is 64.6 Å². The van der Waals surface area contributed by atoms with Crippen LogP contribution in [-0.4, -0.2) is 40.6 Å². The monoisotopic (exact) mass is 423 g/mol. The maximum absolute atomic E-state index is 13.2. The van der Waals surface area contributed by atoms with Crippen LogP contribution in [0.25, 0.3) is 0 Å². The van der Waals surface area contributed by atoms with E-state index in [1.165, 1.54) is 12.1 Å². The van der Waals surface area contributed by atoms with E-state index in [4.69, 9.17) is 14.2 Å². The van der Waals surface area contributed by atoms with Crippen LogP contribution in [0.15, 0.2) is 47.0 Å². The van der Waals surface area contributed by atoms with Crippen molar-refractivity contribution in [1.82, 2.24) is 15.0 Å². The number of pyridine rings is 1. The Morgan fingerprint density at radius 3 is 2.74 bits per heavy atom. The van der Waals surface area contributed by atoms with E-state index >= 15 is 0 Å². The first-order valence-electron chi connectivity index (χ1n) is 10.5. The first kappa shape index (κ1) is 21.2. The maximum atomic E-state index is 13.2. The molecule has 1 atom stereocenters. The van der Waals surface area contributed by atoms with Crippen molar-refractivity contribution in [1.29, 1.82) is 0 Å². The number of amides is 1. The molecule has 6 nitrogen and oxygen atoms in total. The van der Waals surface area contributed by atoms with E-state index in [0.29, 0.717) is 43.1 Å². The molecule has 1 aliphatic heterocycles. The first-order valence-corrected chi connectivity index (χ1v) is 10.5. The molecule has 0 unspecified atom stereocenters. The fourth-order valence-electron chi connectivity index (χ4n) is 3.80. The van der Waals surface area contributed by atoms with Gasteiger partial charge in [0.2, 0.25) is 0 Å². The second-order valence-corrected chi connectivity index (χ2v) is 8.12. The number of hydrogen-bond donors (Lipinski definition) is 0. The summed E-state index contributed by atoms with van der Waals surface area (Å²) in [6.07, 6.45) is 0.287. The number of rotatable bonds is 5. The van der Waals surface area contributed by atoms with Gasteiger partial charge in [-0.05, 0) is 42.7 Å². The van der Waals surface area contributed by atoms with E-state index in [9.17, 15) is 9.18 Å². The summed E-state index contributed by atoms with van der Waals surface area (Å²) < 4.78 is 24.4. The summed E-state index contributed by atoms with van der Waals surface area (Å²) in [6.45, 7) is 7.10. The van der Waals surface area contributed by atoms with E-state index in [2.05, 4.69) is 5.16 Å². The van der Waals surface area contributed by atoms with Gasteiger partial charge in [-0.25, -0.2) is 4.39 Å². The minimum atomic E-state index is -0.312. The molecule has 7 heteroatoms. The maximum Gasteiger partial charge on any atom is 0.259 e. The Morgan fingerprint density at radius 2 is 2.00 bits per heavy atom. The molecule has 1 amide bonds. The van der Waals surface area contributed by atoms with Crippen LogP contribution >= 0.6 is 0 Å². The highest BCUT2D eigenvalue weighted by molar-refractivity contribution is 5.96. The molecule has 31 heavy (non-hydrogen) atoms. The van der Waals surface area contributed by atoms with Crippen LogP contribution in [0, 0.1) is 12.7 Å². The average molecular weight is 423 g/mol. The minimum absolute atomic E-state index is 0.0850. The normalized spacial score (nSPS) is 16.7. The molecule has 2 aromatic heterocycles. The molecule has 0 spiro atoms. The molecule has 0 aliphatic carbocycles. The average Bonchev–Trinajstić information content (AvgIpc) is 3.17. The molecule has 3 aromatic rings. The van der Waals surface area contributed by atoms with E-state index in [0.717, 1.165) is 17.0 Å². The molecule has 3 heterocycles. The Labute approximate surface area is 181 Å². The van der Waals surface area contributed by atoms with Gasteiger partial charge < -0.3 is 14.2 Å². The molecule has 1 aromatic carbocycles. The van der Waals surface area contributed by atoms with E-state index < -0.39 is 0 Å². The highest BCUT2D eigenvalue weighted by Gasteiger charge is 2.31. The number of halogens is 1. The summed E-state index contributed by atoms with van der Waals surface area (Å²) >= 11 is 0. The van der Waals surface area contributed by atoms with Crippen molar-refractivity contribution in [2.75, 3.05) is 19.7 Å². The van der Waals surface area contributed by atoms with Crippen LogP contribution in [-0.2, 0) is 11.2 Å². The lowest BCUT2D eigenvalue weighted by Crippen LogP contribution is -2.43. The zero-order valence-electron chi connectivity index (χ0n) is 18.0. The SMILES string of the molecule is Cc1onc(C(C)C)c1C(=O)N1CCO[C@@H](c2cccc(Cc3ccc(F)cc3)n2)C1. The second-order valence-electron chi connectivity index (χ2n) is 8.12. The number of aryl methyl sites for hydroxylation is 1. The van der Waals surface area contributed by atoms with Crippen molar-refractivity contribution in [3.63, 3.8) is 0 Å². The third kappa shape index (κ3) is 4.66. The number of nitrogens with zero attached hydrogens (tertiary/aromatic N) is 3. The smallest absolute Gasteiger partial charge is 0.259 e. The predicted octanol–water partition coefficient (Wildman–Crippen LogP) is 4.45. The quantitative estimate of drug-likeness (QED) is 0.607. The zero-order valence-corrected chi connectivity index (χ0v) is 18.0. The molecule has 0 N–H and O–H groups in total. The summed E-state index contributed by atoms with van der Waals surface area (Å²) in [5.74, 6) is 0.293. The highest BCUT2D eigenvalue weighted by atomic mass is 19.1. The lowest BCUT2D eigenvalue weighted by molar-refractivity contribution is -0.0248. The summed E-state index contributed by atoms with van der Waals surface area (Å²) in [7, 11) is 0. The van der Waals surface area contributed by atoms with Gasteiger partial charge in [-0.1, -0.05) is 37.2 Å². The minimum Gasteiger partial charge on any atom is -0.368 e. The van der Waals surface area contributed by atoms with Gasteiger partial charge in [0.15, 0.2) is 0 Å². The van der Waals surface area contributed by atoms with E-state index in [1.807, 2.05) is 32.0 Å². The van der Waals surface area contributed by atoms with Crippen LogP contribution in [0.4, 0.5) is 4.39 Å². The van der Waals surface area contributed by atoms with Crippen LogP contribution in [0.5, 0.6) is 0 Å². The topological polar surface area (TPSA) is 68.5 Å². The molecular weight excluding hydrogens is 397 g/mol. The van der Waals surface area contributed by atoms with Gasteiger partial charge in [-0.2, -0.15) is 0 Å². The Morgan fingerprint density at radius 1 is 1.23 bits per heavy atom. The number of ether oxygens (including phenoxy) is 1. The van der Waals surface area contributed by atoms with Crippen molar-refractivity contribution >= 4 is 5.91 Å². The van der Waals surface area contributed by atoms with Crippen molar-refractivity contribution in [2.24, 2.45) is 0 Å². The van der Waals surface area contributed by atoms with Gasteiger partial charge in [-0.15, -0.1) is 0 Å². The number of aromatic nitrogens is 2. The van der Waals surface area contributed by atoms with Crippen molar-refractivity contribution < 1.29 is 18.4 Å². The Bertz CT molecular complexity index is 1060. The molecule has 4 rings (SSSR count). The largest absolute Gasteiger partial charge is 0.368 e. The molecule has 1 aliphatic rings. The van der Waals surface area contributed by atoms with Gasteiger partial charge >= 0.3 is 0 Å². The molecule has 0 radical (unpaired) electrons. The van der Waals surface area contributed by atoms with Crippen molar-refractivity contribution in [3.05, 3.63) is 82.3 Å². The fourth-order valence-corrected chi connectivity index (χ4v) is 3.80. The molecule has 0 bridgehead atoms. The van der Waals surface area contributed by atoms with Gasteiger partial charge in [-0.3, -0.25) is 9.78 Å². The number of hydrogen-bond acceptors (Lipinski definition) is 5. The zero-order chi connectivity index (χ0) is 22.0. The summed E-state index contributed by atoms with van der Waals surface area (Å²) in [6, 6.07) is 12.2. The third-order valence-electron chi connectivity index (χ3n) is 5.46. The van der Waals surface area contributed by atoms with Crippen LogP contribution < -0.4 is 0 Å². The molecule has 0 saturated carbocycles. The fraction of sp³-hybridized carbons (Fsp3) is 0.375. The number of carbonyl (C=O) groups excluding carboxylic acids is 1. The molecule has 1 saturated heterocycles. The number of carbonyl (C=O) groups is 1. The molecule has 1 fully saturated rings. The van der Waals surface area contributed by atoms with Gasteiger partial charge in [0.05, 0.1) is 24.5 Å². The lowest BCUT2D eigenvalue weighted by atomic mass is 10.0. The summed E-state index contributed by atoms with van der Waals surface area (Å²) in [5.41, 5.74) is 3.87. The Balaban J connectivity index is 1.50. The highest BCUT2D eigenvalue weighted by Crippen LogP contribution is 2.27. The number of morpholine rings is 1. The molecule has 162 valence electrons. The number of benzene rings is 1. The molecular formula is C24H26FN3O3. The van der Waals surface area contributed by atoms with Crippen LogP contribution in [0.2, 0.25) is 0 Å². The van der Waals surface area contributed by atoms with Gasteiger partial charge in [0.1, 0.15) is 23.2 Å². The summed E-state index contributed by atoms with van der Waals surface area (Å²) in [5, 5.41) is 4.08. The Kier molecular flexibility index (Phi) is 6.13. The van der Waals surface area contributed by atoms with E-state index in [1.54, 1.807) is 24.0 Å². The van der Waals surface area contributed by atoms with Crippen LogP contribution in [0.3, 0.4) is 0 Å². The third-order valence-corrected chi connectivity index (χ3v) is 5.46. The Hall–Kier alpha value is -3.06. The second kappa shape index (κ2) is 8.98. The predicted molar refractivity (Wildman–Crippen MR) is 113 cm³/mol. The standard InChI is InChI=1S/C24H26FN3O3/c1-15(2)23-22(16(3)31-27-23)24(29)28-11-12-30-21(14-28)20-6-4-5-19(26-20)13-17-7-9-18(25)10-8-17/h4-10,15,21H,11-14H2,1-3H3/t21-/m1/s1. The first-order chi connectivity index (χ1) is 14.9. The lowest BCUT2D eigenvalue weighted by Gasteiger charge is -2.33. The van der Waals surface area contributed by atoms with Crippen molar-refractivity contribution in [2.45, 2.75) is 39.2 Å². The summed E-state index contributed by atoms with van der Waals surface area (Å²) in [4.78, 5) is 19.8. The van der Waals surface area contributed by atoms with Crippen molar-refractivity contribution in [3.8, 4) is 0 Å². The van der Waals surface area contributed by atoms with Gasteiger partial charge in [0, 0.05) is 18.7 Å². The van der Waals surface area contributed by atoms with E-state index in [-0.39, 0.29) is 23.7 Å². The van der Waals surface area contributed by atoms with Gasteiger partial charge in [0.25, 0.3) is 5.91 Å².